The summed E-state index contributed by atoms with van der Waals surface area (Å²) in [7, 11) is 0. The van der Waals surface area contributed by atoms with Gasteiger partial charge in [0.1, 0.15) is 11.4 Å². The molecule has 0 aliphatic carbocycles. The van der Waals surface area contributed by atoms with Crippen LogP contribution in [0.4, 0.5) is 4.79 Å². The van der Waals surface area contributed by atoms with Crippen molar-refractivity contribution < 1.29 is 9.59 Å². The first kappa shape index (κ1) is 17.9. The highest BCUT2D eigenvalue weighted by atomic mass is 16.2. The van der Waals surface area contributed by atoms with Crippen LogP contribution in [0.15, 0.2) is 12.4 Å². The molecule has 1 aromatic rings. The van der Waals surface area contributed by atoms with Crippen LogP contribution in [0.3, 0.4) is 0 Å². The Balaban J connectivity index is 1.73. The molecule has 2 fully saturated rings. The van der Waals surface area contributed by atoms with Crippen LogP contribution in [0.1, 0.15) is 46.4 Å². The molecule has 1 N–H and O–H groups in total. The van der Waals surface area contributed by atoms with Crippen LogP contribution in [-0.4, -0.2) is 56.0 Å². The SMILES string of the molecule is CCn1ccnc1CN1CCC[C@H]([C@@]2(C)NC(=O)N(C(C)C)C2=O)C1. The van der Waals surface area contributed by atoms with E-state index in [2.05, 4.69) is 26.7 Å². The van der Waals surface area contributed by atoms with Crippen molar-refractivity contribution in [2.45, 2.75) is 65.2 Å². The molecule has 0 radical (unpaired) electrons. The zero-order chi connectivity index (χ0) is 18.2. The maximum atomic E-state index is 12.9. The van der Waals surface area contributed by atoms with Gasteiger partial charge in [-0.25, -0.2) is 9.78 Å². The fourth-order valence-electron chi connectivity index (χ4n) is 4.07. The van der Waals surface area contributed by atoms with E-state index in [1.54, 1.807) is 0 Å². The Morgan fingerprint density at radius 3 is 2.80 bits per heavy atom. The molecule has 2 aliphatic heterocycles. The van der Waals surface area contributed by atoms with Crippen LogP contribution >= 0.6 is 0 Å². The lowest BCUT2D eigenvalue weighted by molar-refractivity contribution is -0.134. The molecular weight excluding hydrogens is 318 g/mol. The lowest BCUT2D eigenvalue weighted by Gasteiger charge is -2.39. The highest BCUT2D eigenvalue weighted by Crippen LogP contribution is 2.33. The Morgan fingerprint density at radius 1 is 1.40 bits per heavy atom. The Hall–Kier alpha value is -1.89. The second kappa shape index (κ2) is 6.78. The number of amides is 3. The fraction of sp³-hybridized carbons (Fsp3) is 0.722. The van der Waals surface area contributed by atoms with Gasteiger partial charge >= 0.3 is 6.03 Å². The second-order valence-corrected chi connectivity index (χ2v) is 7.61. The molecule has 3 amide bonds. The molecule has 2 atom stereocenters. The van der Waals surface area contributed by atoms with Crippen LogP contribution in [0, 0.1) is 5.92 Å². The van der Waals surface area contributed by atoms with E-state index >= 15 is 0 Å². The first-order chi connectivity index (χ1) is 11.9. The van der Waals surface area contributed by atoms with Crippen molar-refractivity contribution in [3.63, 3.8) is 0 Å². The Kier molecular flexibility index (Phi) is 4.86. The normalized spacial score (nSPS) is 28.0. The number of nitrogens with one attached hydrogen (secondary N) is 1. The van der Waals surface area contributed by atoms with E-state index < -0.39 is 5.54 Å². The molecule has 7 nitrogen and oxygen atoms in total. The number of aryl methyl sites for hydroxylation is 1. The predicted molar refractivity (Wildman–Crippen MR) is 94.8 cm³/mol. The number of carbonyl (C=O) groups is 2. The number of likely N-dealkylation sites (tertiary alicyclic amines) is 1. The zero-order valence-electron chi connectivity index (χ0n) is 15.7. The number of carbonyl (C=O) groups excluding carboxylic acids is 2. The minimum Gasteiger partial charge on any atom is -0.334 e. The number of urea groups is 1. The highest BCUT2D eigenvalue weighted by Gasteiger charge is 2.53. The highest BCUT2D eigenvalue weighted by molar-refractivity contribution is 6.07. The zero-order valence-corrected chi connectivity index (χ0v) is 15.7. The number of imide groups is 1. The lowest BCUT2D eigenvalue weighted by atomic mass is 9.80. The molecule has 1 aromatic heterocycles. The molecule has 0 spiro atoms. The molecule has 2 saturated heterocycles. The molecule has 7 heteroatoms. The minimum atomic E-state index is -0.805. The number of rotatable bonds is 5. The quantitative estimate of drug-likeness (QED) is 0.825. The summed E-state index contributed by atoms with van der Waals surface area (Å²) in [5.74, 6) is 1.08. The first-order valence-electron chi connectivity index (χ1n) is 9.25. The summed E-state index contributed by atoms with van der Waals surface area (Å²) in [5, 5.41) is 2.97. The molecule has 138 valence electrons. The molecule has 25 heavy (non-hydrogen) atoms. The maximum absolute atomic E-state index is 12.9. The number of piperidine rings is 1. The first-order valence-corrected chi connectivity index (χ1v) is 9.25. The third kappa shape index (κ3) is 3.17. The van der Waals surface area contributed by atoms with Crippen molar-refractivity contribution >= 4 is 11.9 Å². The number of hydrogen-bond donors (Lipinski definition) is 1. The fourth-order valence-corrected chi connectivity index (χ4v) is 4.07. The van der Waals surface area contributed by atoms with Gasteiger partial charge in [0.15, 0.2) is 0 Å². The molecule has 0 aromatic carbocycles. The van der Waals surface area contributed by atoms with E-state index in [1.165, 1.54) is 4.90 Å². The summed E-state index contributed by atoms with van der Waals surface area (Å²) in [5.41, 5.74) is -0.805. The number of imidazole rings is 1. The number of nitrogens with zero attached hydrogens (tertiary/aromatic N) is 4. The van der Waals surface area contributed by atoms with Crippen molar-refractivity contribution in [1.29, 1.82) is 0 Å². The van der Waals surface area contributed by atoms with Gasteiger partial charge in [-0.05, 0) is 47.1 Å². The molecule has 0 bridgehead atoms. The summed E-state index contributed by atoms with van der Waals surface area (Å²) in [6, 6.07) is -0.382. The van der Waals surface area contributed by atoms with E-state index in [4.69, 9.17) is 0 Å². The van der Waals surface area contributed by atoms with Crippen LogP contribution < -0.4 is 5.32 Å². The Morgan fingerprint density at radius 2 is 2.16 bits per heavy atom. The van der Waals surface area contributed by atoms with Crippen molar-refractivity contribution in [3.05, 3.63) is 18.2 Å². The van der Waals surface area contributed by atoms with E-state index in [0.29, 0.717) is 0 Å². The standard InChI is InChI=1S/C18H29N5O2/c1-5-22-10-8-19-15(22)12-21-9-6-7-14(11-21)18(4)16(24)23(13(2)3)17(25)20-18/h8,10,13-14H,5-7,9,11-12H2,1-4H3,(H,20,25)/t14-,18+/m0/s1. The van der Waals surface area contributed by atoms with Gasteiger partial charge in [-0.2, -0.15) is 0 Å². The average molecular weight is 347 g/mol. The molecule has 0 unspecified atom stereocenters. The van der Waals surface area contributed by atoms with E-state index in [0.717, 1.165) is 44.8 Å². The van der Waals surface area contributed by atoms with E-state index in [9.17, 15) is 9.59 Å². The smallest absolute Gasteiger partial charge is 0.325 e. The third-order valence-corrected chi connectivity index (χ3v) is 5.59. The lowest BCUT2D eigenvalue weighted by Crippen LogP contribution is -2.56. The second-order valence-electron chi connectivity index (χ2n) is 7.61. The summed E-state index contributed by atoms with van der Waals surface area (Å²) in [6.07, 6.45) is 5.81. The minimum absolute atomic E-state index is 0.0885. The van der Waals surface area contributed by atoms with Gasteiger partial charge in [0, 0.05) is 37.4 Å². The molecule has 2 aliphatic rings. The van der Waals surface area contributed by atoms with Crippen molar-refractivity contribution in [3.8, 4) is 0 Å². The maximum Gasteiger partial charge on any atom is 0.325 e. The third-order valence-electron chi connectivity index (χ3n) is 5.59. The van der Waals surface area contributed by atoms with Gasteiger partial charge < -0.3 is 9.88 Å². The van der Waals surface area contributed by atoms with Gasteiger partial charge in [-0.15, -0.1) is 0 Å². The molecule has 0 saturated carbocycles. The van der Waals surface area contributed by atoms with Gasteiger partial charge in [0.2, 0.25) is 0 Å². The Labute approximate surface area is 149 Å². The van der Waals surface area contributed by atoms with Crippen molar-refractivity contribution in [2.24, 2.45) is 5.92 Å². The predicted octanol–water partition coefficient (Wildman–Crippen LogP) is 1.83. The largest absolute Gasteiger partial charge is 0.334 e. The molecular formula is C18H29N5O2. The number of hydrogen-bond acceptors (Lipinski definition) is 4. The van der Waals surface area contributed by atoms with E-state index in [-0.39, 0.29) is 23.9 Å². The number of aromatic nitrogens is 2. The van der Waals surface area contributed by atoms with E-state index in [1.807, 2.05) is 33.2 Å². The van der Waals surface area contributed by atoms with Gasteiger partial charge in [-0.3, -0.25) is 14.6 Å². The summed E-state index contributed by atoms with van der Waals surface area (Å²) in [6.45, 7) is 11.2. The van der Waals surface area contributed by atoms with Crippen LogP contribution in [0.5, 0.6) is 0 Å². The van der Waals surface area contributed by atoms with Crippen molar-refractivity contribution in [1.82, 2.24) is 24.7 Å². The van der Waals surface area contributed by atoms with Crippen LogP contribution in [-0.2, 0) is 17.9 Å². The van der Waals surface area contributed by atoms with Gasteiger partial charge in [-0.1, -0.05) is 0 Å². The average Bonchev–Trinajstić information content (AvgIpc) is 3.10. The van der Waals surface area contributed by atoms with Crippen LogP contribution in [0.25, 0.3) is 0 Å². The topological polar surface area (TPSA) is 70.5 Å². The molecule has 3 rings (SSSR count). The van der Waals surface area contributed by atoms with Crippen molar-refractivity contribution in [2.75, 3.05) is 13.1 Å². The van der Waals surface area contributed by atoms with Gasteiger partial charge in [0.25, 0.3) is 5.91 Å². The summed E-state index contributed by atoms with van der Waals surface area (Å²) < 4.78 is 2.15. The van der Waals surface area contributed by atoms with Crippen LogP contribution in [0.2, 0.25) is 0 Å². The molecule has 3 heterocycles. The summed E-state index contributed by atoms with van der Waals surface area (Å²) in [4.78, 5) is 33.4. The monoisotopic (exact) mass is 347 g/mol. The van der Waals surface area contributed by atoms with Gasteiger partial charge in [0.05, 0.1) is 6.54 Å². The summed E-state index contributed by atoms with van der Waals surface area (Å²) >= 11 is 0. The Bertz CT molecular complexity index is 656.